The largest absolute Gasteiger partial charge is 0.451 e. The van der Waals surface area contributed by atoms with Crippen LogP contribution in [-0.2, 0) is 19.8 Å². The van der Waals surface area contributed by atoms with Crippen molar-refractivity contribution in [1.82, 2.24) is 10.0 Å². The molecule has 1 aromatic carbocycles. The highest BCUT2D eigenvalue weighted by atomic mass is 19.1. The zero-order valence-electron chi connectivity index (χ0n) is 12.3. The van der Waals surface area contributed by atoms with Crippen LogP contribution < -0.4 is 0 Å². The number of hydrogen-bond acceptors (Lipinski definition) is 5. The maximum absolute atomic E-state index is 13.5. The van der Waals surface area contributed by atoms with Gasteiger partial charge in [-0.1, -0.05) is 19.1 Å². The summed E-state index contributed by atoms with van der Waals surface area (Å²) in [6, 6.07) is 5.29. The van der Waals surface area contributed by atoms with Crippen LogP contribution >= 0.6 is 0 Å². The lowest BCUT2D eigenvalue weighted by Gasteiger charge is -2.54. The zero-order valence-corrected chi connectivity index (χ0v) is 12.3. The Hall–Kier alpha value is -2.64. The van der Waals surface area contributed by atoms with Gasteiger partial charge in [0.1, 0.15) is 5.82 Å². The van der Waals surface area contributed by atoms with Crippen molar-refractivity contribution in [3.05, 3.63) is 35.6 Å². The van der Waals surface area contributed by atoms with Gasteiger partial charge in [-0.2, -0.15) is 5.01 Å². The third kappa shape index (κ3) is 1.99. The van der Waals surface area contributed by atoms with Gasteiger partial charge in [0.2, 0.25) is 0 Å². The highest BCUT2D eigenvalue weighted by Gasteiger charge is 2.65. The molecule has 0 bridgehead atoms. The lowest BCUT2D eigenvalue weighted by Crippen LogP contribution is -2.77. The van der Waals surface area contributed by atoms with E-state index in [1.807, 2.05) is 0 Å². The Morgan fingerprint density at radius 2 is 1.86 bits per heavy atom. The highest BCUT2D eigenvalue weighted by Crippen LogP contribution is 2.44. The van der Waals surface area contributed by atoms with E-state index in [0.717, 1.165) is 25.3 Å². The van der Waals surface area contributed by atoms with Gasteiger partial charge in [-0.3, -0.25) is 4.79 Å². The Kier molecular flexibility index (Phi) is 4.03. The number of halogens is 1. The summed E-state index contributed by atoms with van der Waals surface area (Å²) in [5.41, 5.74) is -1.24. The number of imide groups is 1. The molecule has 1 aliphatic rings. The van der Waals surface area contributed by atoms with Crippen molar-refractivity contribution >= 4 is 18.1 Å². The van der Waals surface area contributed by atoms with Gasteiger partial charge in [0.15, 0.2) is 5.54 Å². The fraction of sp³-hybridized carbons (Fsp3) is 0.357. The third-order valence-corrected chi connectivity index (χ3v) is 3.62. The summed E-state index contributed by atoms with van der Waals surface area (Å²) < 4.78 is 22.6. The SMILES string of the molecule is CC[C@@]1(c2cccc(F)c2)C(=O)N(C(=O)OC)N1C(=O)OC. The molecular formula is C14H15FN2O5. The smallest absolute Gasteiger partial charge is 0.436 e. The number of amides is 3. The average molecular weight is 310 g/mol. The Morgan fingerprint density at radius 3 is 2.36 bits per heavy atom. The summed E-state index contributed by atoms with van der Waals surface area (Å²) in [7, 11) is 2.20. The van der Waals surface area contributed by atoms with E-state index >= 15 is 0 Å². The number of carbonyl (C=O) groups is 3. The topological polar surface area (TPSA) is 76.2 Å². The summed E-state index contributed by atoms with van der Waals surface area (Å²) >= 11 is 0. The number of benzene rings is 1. The van der Waals surface area contributed by atoms with Gasteiger partial charge >= 0.3 is 12.2 Å². The fourth-order valence-electron chi connectivity index (χ4n) is 2.55. The van der Waals surface area contributed by atoms with E-state index in [-0.39, 0.29) is 12.0 Å². The van der Waals surface area contributed by atoms with Crippen molar-refractivity contribution in [2.75, 3.05) is 14.2 Å². The molecule has 1 fully saturated rings. The van der Waals surface area contributed by atoms with Crippen molar-refractivity contribution in [2.24, 2.45) is 0 Å². The second-order valence-corrected chi connectivity index (χ2v) is 4.59. The normalized spacial score (nSPS) is 20.5. The first kappa shape index (κ1) is 15.7. The van der Waals surface area contributed by atoms with Crippen LogP contribution in [0.5, 0.6) is 0 Å². The predicted octanol–water partition coefficient (Wildman–Crippen LogP) is 2.02. The van der Waals surface area contributed by atoms with E-state index in [0.29, 0.717) is 5.01 Å². The molecule has 1 heterocycles. The van der Waals surface area contributed by atoms with Crippen LogP contribution in [0.1, 0.15) is 18.9 Å². The number of carbonyl (C=O) groups excluding carboxylic acids is 3. The first-order chi connectivity index (χ1) is 10.4. The minimum atomic E-state index is -1.50. The molecule has 0 spiro atoms. The predicted molar refractivity (Wildman–Crippen MR) is 71.9 cm³/mol. The summed E-state index contributed by atoms with van der Waals surface area (Å²) in [6.45, 7) is 1.65. The summed E-state index contributed by atoms with van der Waals surface area (Å²) in [6.07, 6.45) is -1.80. The molecule has 0 saturated carbocycles. The van der Waals surface area contributed by atoms with Crippen LogP contribution in [0, 0.1) is 5.82 Å². The number of ether oxygens (including phenoxy) is 2. The van der Waals surface area contributed by atoms with Crippen molar-refractivity contribution in [3.63, 3.8) is 0 Å². The average Bonchev–Trinajstić information content (AvgIpc) is 2.52. The van der Waals surface area contributed by atoms with Gasteiger partial charge in [-0.15, -0.1) is 5.01 Å². The Morgan fingerprint density at radius 1 is 1.23 bits per heavy atom. The molecule has 1 saturated heterocycles. The van der Waals surface area contributed by atoms with E-state index in [1.165, 1.54) is 18.2 Å². The van der Waals surface area contributed by atoms with Crippen LogP contribution in [0.4, 0.5) is 14.0 Å². The summed E-state index contributed by atoms with van der Waals surface area (Å²) in [4.78, 5) is 36.2. The number of hydrogen-bond donors (Lipinski definition) is 0. The van der Waals surface area contributed by atoms with Gasteiger partial charge in [0, 0.05) is 0 Å². The van der Waals surface area contributed by atoms with Gasteiger partial charge in [0.05, 0.1) is 14.2 Å². The summed E-state index contributed by atoms with van der Waals surface area (Å²) in [5.74, 6) is -1.24. The van der Waals surface area contributed by atoms with Gasteiger partial charge in [0.25, 0.3) is 5.91 Å². The molecule has 118 valence electrons. The van der Waals surface area contributed by atoms with Crippen LogP contribution in [0.2, 0.25) is 0 Å². The van der Waals surface area contributed by atoms with Crippen molar-refractivity contribution in [3.8, 4) is 0 Å². The first-order valence-corrected chi connectivity index (χ1v) is 6.50. The monoisotopic (exact) mass is 310 g/mol. The lowest BCUT2D eigenvalue weighted by molar-refractivity contribution is -0.201. The molecule has 0 aromatic heterocycles. The number of hydrazine groups is 1. The van der Waals surface area contributed by atoms with E-state index < -0.39 is 29.4 Å². The van der Waals surface area contributed by atoms with Gasteiger partial charge < -0.3 is 9.47 Å². The summed E-state index contributed by atoms with van der Waals surface area (Å²) in [5, 5.41) is 1.39. The zero-order chi connectivity index (χ0) is 16.5. The van der Waals surface area contributed by atoms with E-state index in [1.54, 1.807) is 6.92 Å². The second-order valence-electron chi connectivity index (χ2n) is 4.59. The van der Waals surface area contributed by atoms with Gasteiger partial charge in [-0.05, 0) is 24.1 Å². The molecule has 3 amide bonds. The molecule has 1 aromatic rings. The first-order valence-electron chi connectivity index (χ1n) is 6.50. The Labute approximate surface area is 126 Å². The van der Waals surface area contributed by atoms with E-state index in [9.17, 15) is 18.8 Å². The maximum atomic E-state index is 13.5. The molecule has 0 unspecified atom stereocenters. The van der Waals surface area contributed by atoms with Crippen molar-refractivity contribution < 1.29 is 28.2 Å². The number of nitrogens with zero attached hydrogens (tertiary/aromatic N) is 2. The maximum Gasteiger partial charge on any atom is 0.436 e. The van der Waals surface area contributed by atoms with E-state index in [2.05, 4.69) is 9.47 Å². The lowest BCUT2D eigenvalue weighted by atomic mass is 9.81. The molecule has 0 radical (unpaired) electrons. The number of methoxy groups -OCH3 is 2. The van der Waals surface area contributed by atoms with Crippen LogP contribution in [0.15, 0.2) is 24.3 Å². The molecule has 1 aliphatic heterocycles. The molecule has 0 aliphatic carbocycles. The molecule has 0 N–H and O–H groups in total. The van der Waals surface area contributed by atoms with Crippen LogP contribution in [0.25, 0.3) is 0 Å². The molecule has 2 rings (SSSR count). The standard InChI is InChI=1S/C14H15FN2O5/c1-4-14(9-6-5-7-10(15)8-9)11(18)16(12(19)21-2)17(14)13(20)22-3/h5-8H,4H2,1-3H3/t14-/m1/s1. The van der Waals surface area contributed by atoms with Crippen molar-refractivity contribution in [1.29, 1.82) is 0 Å². The molecule has 7 nitrogen and oxygen atoms in total. The Balaban J connectivity index is 2.56. The minimum Gasteiger partial charge on any atom is -0.451 e. The second kappa shape index (κ2) is 5.63. The van der Waals surface area contributed by atoms with E-state index in [4.69, 9.17) is 0 Å². The fourth-order valence-corrected chi connectivity index (χ4v) is 2.55. The molecule has 1 atom stereocenters. The van der Waals surface area contributed by atoms with Gasteiger partial charge in [-0.25, -0.2) is 14.0 Å². The Bertz CT molecular complexity index is 635. The quantitative estimate of drug-likeness (QED) is 0.835. The molecule has 22 heavy (non-hydrogen) atoms. The minimum absolute atomic E-state index is 0.137. The number of rotatable bonds is 2. The van der Waals surface area contributed by atoms with Crippen LogP contribution in [-0.4, -0.2) is 42.3 Å². The highest BCUT2D eigenvalue weighted by molar-refractivity contribution is 6.06. The van der Waals surface area contributed by atoms with Crippen molar-refractivity contribution in [2.45, 2.75) is 18.9 Å². The van der Waals surface area contributed by atoms with Crippen LogP contribution in [0.3, 0.4) is 0 Å². The third-order valence-electron chi connectivity index (χ3n) is 3.62. The molecular weight excluding hydrogens is 295 g/mol. The molecule has 8 heteroatoms.